The van der Waals surface area contributed by atoms with Crippen molar-refractivity contribution in [1.29, 1.82) is 5.26 Å². The number of nitrogens with two attached hydrogens (primary N) is 1. The number of halogens is 1. The Hall–Kier alpha value is -1.36. The Bertz CT molecular complexity index is 415. The summed E-state index contributed by atoms with van der Waals surface area (Å²) in [4.78, 5) is 14.6. The van der Waals surface area contributed by atoms with Gasteiger partial charge < -0.3 is 15.8 Å². The first-order valence-corrected chi connectivity index (χ1v) is 5.49. The van der Waals surface area contributed by atoms with Crippen molar-refractivity contribution in [2.45, 2.75) is 0 Å². The number of amides is 1. The molecule has 16 heavy (non-hydrogen) atoms. The van der Waals surface area contributed by atoms with Crippen LogP contribution in [0.25, 0.3) is 0 Å². The number of nitrogens with one attached hydrogen (secondary N) is 1. The minimum Gasteiger partial charge on any atom is -0.370 e. The van der Waals surface area contributed by atoms with E-state index >= 15 is 0 Å². The quantitative estimate of drug-likeness (QED) is 0.729. The molecule has 0 saturated heterocycles. The van der Waals surface area contributed by atoms with Crippen LogP contribution in [0.15, 0.2) is 0 Å². The molecule has 0 aliphatic heterocycles. The van der Waals surface area contributed by atoms with Crippen molar-refractivity contribution >= 4 is 34.0 Å². The highest BCUT2D eigenvalue weighted by Gasteiger charge is 2.07. The number of primary amides is 1. The fraction of sp³-hybridized carbons (Fsp3) is 0.375. The van der Waals surface area contributed by atoms with Gasteiger partial charge in [0, 0.05) is 6.54 Å². The highest BCUT2D eigenvalue weighted by molar-refractivity contribution is 7.16. The summed E-state index contributed by atoms with van der Waals surface area (Å²) >= 11 is 6.83. The maximum absolute atomic E-state index is 10.3. The zero-order valence-electron chi connectivity index (χ0n) is 8.20. The third-order valence-corrected chi connectivity index (χ3v) is 2.76. The summed E-state index contributed by atoms with van der Waals surface area (Å²) in [6, 6.07) is 1.92. The molecule has 1 amide bonds. The number of ether oxygens (including phenoxy) is 1. The average Bonchev–Trinajstić information content (AvgIpc) is 2.58. The molecule has 3 N–H and O–H groups in total. The van der Waals surface area contributed by atoms with Gasteiger partial charge in [0.05, 0.1) is 6.61 Å². The van der Waals surface area contributed by atoms with Crippen molar-refractivity contribution in [3.63, 3.8) is 0 Å². The van der Waals surface area contributed by atoms with Crippen LogP contribution in [-0.2, 0) is 9.53 Å². The topological polar surface area (TPSA) is 101 Å². The minimum absolute atomic E-state index is 0.107. The predicted molar refractivity (Wildman–Crippen MR) is 60.3 cm³/mol. The molecule has 0 aliphatic carbocycles. The molecule has 0 bridgehead atoms. The van der Waals surface area contributed by atoms with E-state index in [2.05, 4.69) is 10.3 Å². The van der Waals surface area contributed by atoms with Crippen molar-refractivity contribution in [1.82, 2.24) is 4.98 Å². The fourth-order valence-corrected chi connectivity index (χ4v) is 1.82. The third-order valence-electron chi connectivity index (χ3n) is 1.45. The summed E-state index contributed by atoms with van der Waals surface area (Å²) in [7, 11) is 0. The first-order chi connectivity index (χ1) is 7.63. The van der Waals surface area contributed by atoms with E-state index in [-0.39, 0.29) is 11.8 Å². The van der Waals surface area contributed by atoms with Gasteiger partial charge in [-0.1, -0.05) is 22.9 Å². The number of nitriles is 1. The maximum atomic E-state index is 10.3. The average molecular weight is 261 g/mol. The normalized spacial score (nSPS) is 9.75. The van der Waals surface area contributed by atoms with Gasteiger partial charge in [0.25, 0.3) is 0 Å². The Morgan fingerprint density at radius 2 is 2.50 bits per heavy atom. The lowest BCUT2D eigenvalue weighted by Gasteiger charge is -2.02. The molecule has 1 aromatic heterocycles. The van der Waals surface area contributed by atoms with E-state index in [1.807, 2.05) is 6.07 Å². The van der Waals surface area contributed by atoms with Crippen LogP contribution in [0.3, 0.4) is 0 Å². The summed E-state index contributed by atoms with van der Waals surface area (Å²) in [5.74, 6) is -0.510. The molecule has 0 spiro atoms. The summed E-state index contributed by atoms with van der Waals surface area (Å²) in [5.41, 5.74) is 4.88. The molecule has 0 aliphatic rings. The second-order valence-electron chi connectivity index (χ2n) is 2.70. The Kier molecular flexibility index (Phi) is 4.98. The molecule has 6 nitrogen and oxygen atoms in total. The van der Waals surface area contributed by atoms with E-state index in [1.165, 1.54) is 0 Å². The summed E-state index contributed by atoms with van der Waals surface area (Å²) in [6.45, 7) is 0.674. The highest BCUT2D eigenvalue weighted by atomic mass is 35.5. The predicted octanol–water partition coefficient (Wildman–Crippen LogP) is 0.582. The van der Waals surface area contributed by atoms with E-state index in [9.17, 15) is 4.79 Å². The van der Waals surface area contributed by atoms with Crippen molar-refractivity contribution in [3.8, 4) is 6.07 Å². The van der Waals surface area contributed by atoms with Crippen molar-refractivity contribution in [2.75, 3.05) is 25.1 Å². The molecule has 0 atom stereocenters. The zero-order valence-corrected chi connectivity index (χ0v) is 9.77. The number of thiazole rings is 1. The standard InChI is InChI=1S/C8H9ClN4O2S/c9-7-5(3-10)16-8(13-7)12-1-2-15-4-6(11)14/h1-2,4H2,(H2,11,14)(H,12,13). The van der Waals surface area contributed by atoms with Gasteiger partial charge in [0.1, 0.15) is 17.6 Å². The minimum atomic E-state index is -0.510. The highest BCUT2D eigenvalue weighted by Crippen LogP contribution is 2.25. The zero-order chi connectivity index (χ0) is 12.0. The lowest BCUT2D eigenvalue weighted by Crippen LogP contribution is -2.20. The molecule has 0 saturated carbocycles. The van der Waals surface area contributed by atoms with Crippen molar-refractivity contribution in [3.05, 3.63) is 10.0 Å². The van der Waals surface area contributed by atoms with E-state index in [0.29, 0.717) is 23.2 Å². The SMILES string of the molecule is N#Cc1sc(NCCOCC(N)=O)nc1Cl. The maximum Gasteiger partial charge on any atom is 0.243 e. The number of aromatic nitrogens is 1. The van der Waals surface area contributed by atoms with Crippen LogP contribution < -0.4 is 11.1 Å². The summed E-state index contributed by atoms with van der Waals surface area (Å²) in [5, 5.41) is 12.3. The number of hydrogen-bond donors (Lipinski definition) is 2. The smallest absolute Gasteiger partial charge is 0.243 e. The molecule has 8 heteroatoms. The molecular weight excluding hydrogens is 252 g/mol. The van der Waals surface area contributed by atoms with Gasteiger partial charge >= 0.3 is 0 Å². The first-order valence-electron chi connectivity index (χ1n) is 4.30. The Balaban J connectivity index is 2.27. The van der Waals surface area contributed by atoms with Gasteiger partial charge in [-0.2, -0.15) is 5.26 Å². The number of carbonyl (C=O) groups is 1. The van der Waals surface area contributed by atoms with Gasteiger partial charge in [-0.25, -0.2) is 4.98 Å². The number of nitrogens with zero attached hydrogens (tertiary/aromatic N) is 2. The first kappa shape index (κ1) is 12.7. The molecule has 0 fully saturated rings. The second-order valence-corrected chi connectivity index (χ2v) is 4.05. The Morgan fingerprint density at radius 3 is 3.06 bits per heavy atom. The molecule has 0 aromatic carbocycles. The van der Waals surface area contributed by atoms with Crippen LogP contribution >= 0.6 is 22.9 Å². The summed E-state index contributed by atoms with van der Waals surface area (Å²) < 4.78 is 4.92. The van der Waals surface area contributed by atoms with Crippen LogP contribution in [-0.4, -0.2) is 30.6 Å². The summed E-state index contributed by atoms with van der Waals surface area (Å²) in [6.07, 6.45) is 0. The van der Waals surface area contributed by atoms with Crippen molar-refractivity contribution < 1.29 is 9.53 Å². The van der Waals surface area contributed by atoms with Gasteiger partial charge in [-0.05, 0) is 0 Å². The molecule has 86 valence electrons. The molecule has 0 radical (unpaired) electrons. The van der Waals surface area contributed by atoms with Gasteiger partial charge in [-0.3, -0.25) is 4.79 Å². The lowest BCUT2D eigenvalue weighted by atomic mass is 10.6. The fourth-order valence-electron chi connectivity index (χ4n) is 0.849. The molecule has 1 heterocycles. The van der Waals surface area contributed by atoms with Crippen LogP contribution in [0.5, 0.6) is 0 Å². The molecule has 0 unspecified atom stereocenters. The van der Waals surface area contributed by atoms with E-state index < -0.39 is 5.91 Å². The third kappa shape index (κ3) is 4.02. The monoisotopic (exact) mass is 260 g/mol. The van der Waals surface area contributed by atoms with Crippen LogP contribution in [0.4, 0.5) is 5.13 Å². The van der Waals surface area contributed by atoms with E-state index in [4.69, 9.17) is 27.3 Å². The van der Waals surface area contributed by atoms with Crippen molar-refractivity contribution in [2.24, 2.45) is 5.73 Å². The van der Waals surface area contributed by atoms with Gasteiger partial charge in [-0.15, -0.1) is 0 Å². The van der Waals surface area contributed by atoms with Crippen LogP contribution in [0.2, 0.25) is 5.15 Å². The molecule has 1 rings (SSSR count). The number of rotatable bonds is 6. The molecular formula is C8H9ClN4O2S. The largest absolute Gasteiger partial charge is 0.370 e. The van der Waals surface area contributed by atoms with Gasteiger partial charge in [0.2, 0.25) is 5.91 Å². The Morgan fingerprint density at radius 1 is 1.75 bits per heavy atom. The number of anilines is 1. The van der Waals surface area contributed by atoms with Gasteiger partial charge in [0.15, 0.2) is 10.3 Å². The van der Waals surface area contributed by atoms with E-state index in [0.717, 1.165) is 11.3 Å². The molecule has 1 aromatic rings. The number of hydrogen-bond acceptors (Lipinski definition) is 6. The lowest BCUT2D eigenvalue weighted by molar-refractivity contribution is -0.122. The Labute approximate surface area is 101 Å². The van der Waals surface area contributed by atoms with Crippen LogP contribution in [0.1, 0.15) is 4.88 Å². The second kappa shape index (κ2) is 6.27. The number of carbonyl (C=O) groups excluding carboxylic acids is 1. The van der Waals surface area contributed by atoms with Crippen LogP contribution in [0, 0.1) is 11.3 Å². The van der Waals surface area contributed by atoms with E-state index in [1.54, 1.807) is 0 Å².